The molecule has 0 aromatic rings. The number of unbranched alkanes of at least 4 members (excludes halogenated alkanes) is 15. The van der Waals surface area contributed by atoms with Crippen LogP contribution in [0.25, 0.3) is 0 Å². The van der Waals surface area contributed by atoms with E-state index in [1.165, 1.54) is 103 Å². The Bertz CT molecular complexity index is 374. The normalized spacial score (nSPS) is 13.1. The highest BCUT2D eigenvalue weighted by Crippen LogP contribution is 2.27. The molecule has 0 fully saturated rings. The standard InChI is InChI=1S/C22H47O6P/c1-3-4-5-6-7-8-9-10-11-12-13-14-15-16-17-18-19-26-20-21-27-22(2)28-29(23,24)25/h22H,3-21H2,1-2H3,(H2,23,24,25)/p-2. The summed E-state index contributed by atoms with van der Waals surface area (Å²) in [5.74, 6) is 0. The average molecular weight is 437 g/mol. The first-order chi connectivity index (χ1) is 14.0. The lowest BCUT2D eigenvalue weighted by Crippen LogP contribution is -2.23. The molecular weight excluding hydrogens is 391 g/mol. The van der Waals surface area contributed by atoms with Crippen molar-refractivity contribution < 1.29 is 28.3 Å². The summed E-state index contributed by atoms with van der Waals surface area (Å²) < 4.78 is 25.0. The van der Waals surface area contributed by atoms with Gasteiger partial charge >= 0.3 is 0 Å². The van der Waals surface area contributed by atoms with Crippen LogP contribution in [0.4, 0.5) is 0 Å². The molecule has 0 spiro atoms. The van der Waals surface area contributed by atoms with Crippen LogP contribution < -0.4 is 9.79 Å². The van der Waals surface area contributed by atoms with Crippen LogP contribution in [0.15, 0.2) is 0 Å². The number of hydrogen-bond donors (Lipinski definition) is 0. The van der Waals surface area contributed by atoms with Crippen molar-refractivity contribution in [1.29, 1.82) is 0 Å². The van der Waals surface area contributed by atoms with Crippen molar-refractivity contribution in [3.8, 4) is 0 Å². The zero-order chi connectivity index (χ0) is 21.6. The third-order valence-corrected chi connectivity index (χ3v) is 5.56. The molecule has 0 rings (SSSR count). The fraction of sp³-hybridized carbons (Fsp3) is 1.00. The van der Waals surface area contributed by atoms with E-state index in [1.807, 2.05) is 0 Å². The molecule has 6 nitrogen and oxygen atoms in total. The molecule has 1 unspecified atom stereocenters. The van der Waals surface area contributed by atoms with Gasteiger partial charge in [-0.1, -0.05) is 103 Å². The maximum Gasteiger partial charge on any atom is 0.159 e. The first-order valence-corrected chi connectivity index (χ1v) is 13.3. The number of phosphoric acid groups is 1. The van der Waals surface area contributed by atoms with E-state index in [1.54, 1.807) is 0 Å². The summed E-state index contributed by atoms with van der Waals surface area (Å²) in [7, 11) is -4.98. The van der Waals surface area contributed by atoms with Gasteiger partial charge in [0.15, 0.2) is 6.29 Å². The Morgan fingerprint density at radius 2 is 1.07 bits per heavy atom. The summed E-state index contributed by atoms with van der Waals surface area (Å²) in [6.45, 7) is 4.90. The largest absolute Gasteiger partial charge is 0.790 e. The van der Waals surface area contributed by atoms with Crippen molar-refractivity contribution in [3.63, 3.8) is 0 Å². The number of phosphoric ester groups is 1. The highest BCUT2D eigenvalue weighted by atomic mass is 31.2. The van der Waals surface area contributed by atoms with Crippen molar-refractivity contribution in [2.75, 3.05) is 19.8 Å². The van der Waals surface area contributed by atoms with Crippen LogP contribution in [0.1, 0.15) is 117 Å². The molecule has 0 aromatic carbocycles. The molecule has 0 aromatic heterocycles. The fourth-order valence-electron chi connectivity index (χ4n) is 3.34. The number of ether oxygens (including phenoxy) is 2. The molecule has 0 heterocycles. The quantitative estimate of drug-likeness (QED) is 0.120. The van der Waals surface area contributed by atoms with Gasteiger partial charge in [-0.15, -0.1) is 0 Å². The lowest BCUT2D eigenvalue weighted by Gasteiger charge is -2.31. The molecule has 0 N–H and O–H groups in total. The highest BCUT2D eigenvalue weighted by Gasteiger charge is 2.03. The molecule has 0 aliphatic carbocycles. The van der Waals surface area contributed by atoms with Gasteiger partial charge in [0.2, 0.25) is 0 Å². The molecule has 176 valence electrons. The lowest BCUT2D eigenvalue weighted by molar-refractivity contribution is -0.352. The summed E-state index contributed by atoms with van der Waals surface area (Å²) in [5.41, 5.74) is 0. The predicted octanol–water partition coefficient (Wildman–Crippen LogP) is 5.47. The molecular formula is C22H45O6P-2. The van der Waals surface area contributed by atoms with E-state index >= 15 is 0 Å². The van der Waals surface area contributed by atoms with Gasteiger partial charge in [-0.25, -0.2) is 0 Å². The predicted molar refractivity (Wildman–Crippen MR) is 114 cm³/mol. The monoisotopic (exact) mass is 436 g/mol. The van der Waals surface area contributed by atoms with E-state index in [0.717, 1.165) is 6.42 Å². The minimum atomic E-state index is -4.98. The van der Waals surface area contributed by atoms with Crippen molar-refractivity contribution in [2.45, 2.75) is 123 Å². The maximum atomic E-state index is 10.4. The van der Waals surface area contributed by atoms with E-state index in [-0.39, 0.29) is 6.61 Å². The molecule has 0 aliphatic heterocycles. The van der Waals surface area contributed by atoms with Gasteiger partial charge in [0.1, 0.15) is 0 Å². The van der Waals surface area contributed by atoms with Gasteiger partial charge in [-0.3, -0.25) is 0 Å². The van der Waals surface area contributed by atoms with Gasteiger partial charge in [-0.2, -0.15) is 0 Å². The van der Waals surface area contributed by atoms with Gasteiger partial charge in [0.25, 0.3) is 0 Å². The van der Waals surface area contributed by atoms with Crippen molar-refractivity contribution >= 4 is 7.82 Å². The summed E-state index contributed by atoms with van der Waals surface area (Å²) in [6, 6.07) is 0. The van der Waals surface area contributed by atoms with Crippen LogP contribution in [0.5, 0.6) is 0 Å². The van der Waals surface area contributed by atoms with Crippen molar-refractivity contribution in [2.24, 2.45) is 0 Å². The fourth-order valence-corrected chi connectivity index (χ4v) is 3.76. The summed E-state index contributed by atoms with van der Waals surface area (Å²) >= 11 is 0. The minimum Gasteiger partial charge on any atom is -0.790 e. The Balaban J connectivity index is 3.11. The molecule has 7 heteroatoms. The maximum absolute atomic E-state index is 10.4. The second kappa shape index (κ2) is 21.3. The Labute approximate surface area is 179 Å². The third kappa shape index (κ3) is 26.0. The summed E-state index contributed by atoms with van der Waals surface area (Å²) in [5, 5.41) is 0. The zero-order valence-electron chi connectivity index (χ0n) is 18.9. The second-order valence-corrected chi connectivity index (χ2v) is 9.01. The third-order valence-electron chi connectivity index (χ3n) is 5.00. The molecule has 1 atom stereocenters. The van der Waals surface area contributed by atoms with Crippen LogP contribution in [-0.4, -0.2) is 26.1 Å². The van der Waals surface area contributed by atoms with Crippen LogP contribution in [0.3, 0.4) is 0 Å². The first-order valence-electron chi connectivity index (χ1n) is 11.9. The van der Waals surface area contributed by atoms with Gasteiger partial charge in [0.05, 0.1) is 21.0 Å². The van der Waals surface area contributed by atoms with Crippen LogP contribution in [0, 0.1) is 0 Å². The molecule has 29 heavy (non-hydrogen) atoms. The first kappa shape index (κ1) is 29.0. The average Bonchev–Trinajstić information content (AvgIpc) is 2.65. The van der Waals surface area contributed by atoms with E-state index in [2.05, 4.69) is 11.4 Å². The molecule has 0 amide bonds. The SMILES string of the molecule is CCCCCCCCCCCCCCCCCCOCCOC(C)OP(=O)([O-])[O-]. The number of rotatable bonds is 23. The lowest BCUT2D eigenvalue weighted by atomic mass is 10.0. The van der Waals surface area contributed by atoms with Crippen LogP contribution in [-0.2, 0) is 18.6 Å². The summed E-state index contributed by atoms with van der Waals surface area (Å²) in [6.07, 6.45) is 20.5. The Morgan fingerprint density at radius 3 is 1.48 bits per heavy atom. The van der Waals surface area contributed by atoms with Gasteiger partial charge < -0.3 is 28.3 Å². The molecule has 0 saturated carbocycles. The van der Waals surface area contributed by atoms with Crippen LogP contribution in [0.2, 0.25) is 0 Å². The van der Waals surface area contributed by atoms with Crippen molar-refractivity contribution in [1.82, 2.24) is 0 Å². The van der Waals surface area contributed by atoms with Crippen molar-refractivity contribution in [3.05, 3.63) is 0 Å². The Kier molecular flexibility index (Phi) is 21.3. The number of hydrogen-bond acceptors (Lipinski definition) is 6. The minimum absolute atomic E-state index is 0.208. The van der Waals surface area contributed by atoms with Gasteiger partial charge in [0, 0.05) is 6.61 Å². The molecule has 0 aliphatic rings. The van der Waals surface area contributed by atoms with Crippen LogP contribution >= 0.6 is 7.82 Å². The van der Waals surface area contributed by atoms with E-state index in [9.17, 15) is 14.4 Å². The highest BCUT2D eigenvalue weighted by molar-refractivity contribution is 7.43. The topological polar surface area (TPSA) is 90.9 Å². The smallest absolute Gasteiger partial charge is 0.159 e. The molecule has 0 radical (unpaired) electrons. The van der Waals surface area contributed by atoms with Gasteiger partial charge in [-0.05, 0) is 13.3 Å². The summed E-state index contributed by atoms with van der Waals surface area (Å²) in [4.78, 5) is 20.8. The zero-order valence-corrected chi connectivity index (χ0v) is 19.8. The molecule has 0 bridgehead atoms. The Hall–Kier alpha value is 0.0300. The van der Waals surface area contributed by atoms with E-state index in [4.69, 9.17) is 9.47 Å². The Morgan fingerprint density at radius 1 is 0.655 bits per heavy atom. The van der Waals surface area contributed by atoms with E-state index < -0.39 is 14.1 Å². The second-order valence-electron chi connectivity index (χ2n) is 7.91. The molecule has 0 saturated heterocycles. The van der Waals surface area contributed by atoms with E-state index in [0.29, 0.717) is 13.2 Å².